The lowest BCUT2D eigenvalue weighted by atomic mass is 9.97. The Morgan fingerprint density at radius 3 is 2.58 bits per heavy atom. The van der Waals surface area contributed by atoms with Crippen LogP contribution in [-0.2, 0) is 6.42 Å². The SMILES string of the molecule is CNC(Cc1ccccc1Br)c1cccc(C)c1F. The fourth-order valence-electron chi connectivity index (χ4n) is 2.19. The van der Waals surface area contributed by atoms with Gasteiger partial charge in [0.2, 0.25) is 0 Å². The van der Waals surface area contributed by atoms with Crippen LogP contribution in [0.15, 0.2) is 46.9 Å². The van der Waals surface area contributed by atoms with E-state index in [0.29, 0.717) is 5.56 Å². The standard InChI is InChI=1S/C16H17BrFN/c1-11-6-5-8-13(16(11)18)15(19-2)10-12-7-3-4-9-14(12)17/h3-9,15,19H,10H2,1-2H3. The molecule has 0 saturated heterocycles. The van der Waals surface area contributed by atoms with Crippen molar-refractivity contribution < 1.29 is 4.39 Å². The quantitative estimate of drug-likeness (QED) is 0.880. The van der Waals surface area contributed by atoms with E-state index in [-0.39, 0.29) is 11.9 Å². The summed E-state index contributed by atoms with van der Waals surface area (Å²) in [6.07, 6.45) is 0.748. The average Bonchev–Trinajstić information content (AvgIpc) is 2.41. The molecule has 0 aromatic heterocycles. The van der Waals surface area contributed by atoms with Gasteiger partial charge in [0.25, 0.3) is 0 Å². The molecule has 0 fully saturated rings. The van der Waals surface area contributed by atoms with Crippen molar-refractivity contribution in [3.63, 3.8) is 0 Å². The molecule has 2 aromatic rings. The van der Waals surface area contributed by atoms with Crippen LogP contribution in [0.4, 0.5) is 4.39 Å². The number of benzene rings is 2. The first kappa shape index (κ1) is 14.2. The highest BCUT2D eigenvalue weighted by Crippen LogP contribution is 2.26. The van der Waals surface area contributed by atoms with Crippen LogP contribution in [0.2, 0.25) is 0 Å². The molecule has 0 saturated carbocycles. The predicted octanol–water partition coefficient (Wildman–Crippen LogP) is 4.40. The van der Waals surface area contributed by atoms with E-state index in [9.17, 15) is 4.39 Å². The van der Waals surface area contributed by atoms with Gasteiger partial charge < -0.3 is 5.32 Å². The molecular weight excluding hydrogens is 305 g/mol. The summed E-state index contributed by atoms with van der Waals surface area (Å²) in [6, 6.07) is 13.6. The molecule has 0 aliphatic rings. The number of rotatable bonds is 4. The van der Waals surface area contributed by atoms with Gasteiger partial charge in [0, 0.05) is 16.1 Å². The van der Waals surface area contributed by atoms with Crippen molar-refractivity contribution in [3.8, 4) is 0 Å². The lowest BCUT2D eigenvalue weighted by Gasteiger charge is -2.19. The first-order valence-corrected chi connectivity index (χ1v) is 7.08. The summed E-state index contributed by atoms with van der Waals surface area (Å²) >= 11 is 3.54. The molecule has 1 atom stereocenters. The zero-order valence-corrected chi connectivity index (χ0v) is 12.7. The molecule has 1 N–H and O–H groups in total. The van der Waals surface area contributed by atoms with Gasteiger partial charge in [-0.2, -0.15) is 0 Å². The van der Waals surface area contributed by atoms with E-state index >= 15 is 0 Å². The molecule has 0 radical (unpaired) electrons. The lowest BCUT2D eigenvalue weighted by molar-refractivity contribution is 0.529. The van der Waals surface area contributed by atoms with E-state index in [1.165, 1.54) is 5.56 Å². The van der Waals surface area contributed by atoms with Gasteiger partial charge in [-0.05, 0) is 37.6 Å². The fourth-order valence-corrected chi connectivity index (χ4v) is 2.64. The molecule has 2 aromatic carbocycles. The van der Waals surface area contributed by atoms with Crippen LogP contribution in [-0.4, -0.2) is 7.05 Å². The highest BCUT2D eigenvalue weighted by atomic mass is 79.9. The molecule has 0 aliphatic heterocycles. The third kappa shape index (κ3) is 3.23. The summed E-state index contributed by atoms with van der Waals surface area (Å²) < 4.78 is 15.2. The Balaban J connectivity index is 2.31. The zero-order valence-electron chi connectivity index (χ0n) is 11.1. The number of hydrogen-bond acceptors (Lipinski definition) is 1. The highest BCUT2D eigenvalue weighted by molar-refractivity contribution is 9.10. The summed E-state index contributed by atoms with van der Waals surface area (Å²) in [5.74, 6) is -0.117. The Bertz CT molecular complexity index is 568. The topological polar surface area (TPSA) is 12.0 Å². The van der Waals surface area contributed by atoms with Crippen molar-refractivity contribution in [2.24, 2.45) is 0 Å². The minimum atomic E-state index is -0.117. The molecule has 100 valence electrons. The van der Waals surface area contributed by atoms with Gasteiger partial charge in [0.1, 0.15) is 5.82 Å². The molecule has 2 rings (SSSR count). The Morgan fingerprint density at radius 1 is 1.16 bits per heavy atom. The maximum absolute atomic E-state index is 14.2. The molecule has 0 aliphatic carbocycles. The maximum Gasteiger partial charge on any atom is 0.130 e. The van der Waals surface area contributed by atoms with Crippen molar-refractivity contribution in [3.05, 3.63) is 69.4 Å². The molecule has 0 heterocycles. The summed E-state index contributed by atoms with van der Waals surface area (Å²) in [5, 5.41) is 3.20. The van der Waals surface area contributed by atoms with E-state index < -0.39 is 0 Å². The second-order valence-electron chi connectivity index (χ2n) is 4.61. The van der Waals surface area contributed by atoms with Crippen LogP contribution in [0.5, 0.6) is 0 Å². The van der Waals surface area contributed by atoms with Crippen molar-refractivity contribution in [2.45, 2.75) is 19.4 Å². The summed E-state index contributed by atoms with van der Waals surface area (Å²) in [5.41, 5.74) is 2.57. The third-order valence-electron chi connectivity index (χ3n) is 3.33. The Kier molecular flexibility index (Phi) is 4.72. The van der Waals surface area contributed by atoms with Gasteiger partial charge in [-0.15, -0.1) is 0 Å². The largest absolute Gasteiger partial charge is 0.313 e. The molecule has 0 spiro atoms. The Morgan fingerprint density at radius 2 is 1.89 bits per heavy atom. The average molecular weight is 322 g/mol. The molecule has 1 unspecified atom stereocenters. The molecule has 0 bridgehead atoms. The van der Waals surface area contributed by atoms with E-state index in [0.717, 1.165) is 16.5 Å². The normalized spacial score (nSPS) is 12.4. The monoisotopic (exact) mass is 321 g/mol. The first-order valence-electron chi connectivity index (χ1n) is 6.29. The molecule has 0 amide bonds. The Hall–Kier alpha value is -1.19. The van der Waals surface area contributed by atoms with Gasteiger partial charge in [-0.3, -0.25) is 0 Å². The zero-order chi connectivity index (χ0) is 13.8. The molecular formula is C16H17BrFN. The minimum Gasteiger partial charge on any atom is -0.313 e. The number of likely N-dealkylation sites (N-methyl/N-ethyl adjacent to an activating group) is 1. The molecule has 1 nitrogen and oxygen atoms in total. The Labute approximate surface area is 122 Å². The van der Waals surface area contributed by atoms with Crippen molar-refractivity contribution >= 4 is 15.9 Å². The number of hydrogen-bond donors (Lipinski definition) is 1. The van der Waals surface area contributed by atoms with Gasteiger partial charge in [0.05, 0.1) is 0 Å². The fraction of sp³-hybridized carbons (Fsp3) is 0.250. The first-order chi connectivity index (χ1) is 9.13. The van der Waals surface area contributed by atoms with Gasteiger partial charge in [-0.1, -0.05) is 52.3 Å². The van der Waals surface area contributed by atoms with Crippen LogP contribution in [0.1, 0.15) is 22.7 Å². The summed E-state index contributed by atoms with van der Waals surface area (Å²) in [7, 11) is 1.86. The van der Waals surface area contributed by atoms with Crippen molar-refractivity contribution in [1.82, 2.24) is 5.32 Å². The van der Waals surface area contributed by atoms with Crippen LogP contribution in [0.3, 0.4) is 0 Å². The molecule has 19 heavy (non-hydrogen) atoms. The van der Waals surface area contributed by atoms with Gasteiger partial charge in [-0.25, -0.2) is 4.39 Å². The van der Waals surface area contributed by atoms with Crippen LogP contribution >= 0.6 is 15.9 Å². The lowest BCUT2D eigenvalue weighted by Crippen LogP contribution is -2.20. The van der Waals surface area contributed by atoms with Crippen LogP contribution in [0, 0.1) is 12.7 Å². The second-order valence-corrected chi connectivity index (χ2v) is 5.47. The number of nitrogens with one attached hydrogen (secondary N) is 1. The predicted molar refractivity (Wildman–Crippen MR) is 80.8 cm³/mol. The summed E-state index contributed by atoms with van der Waals surface area (Å²) in [4.78, 5) is 0. The van der Waals surface area contributed by atoms with Gasteiger partial charge in [0.15, 0.2) is 0 Å². The van der Waals surface area contributed by atoms with Crippen LogP contribution in [0.25, 0.3) is 0 Å². The van der Waals surface area contributed by atoms with E-state index in [1.54, 1.807) is 13.0 Å². The second kappa shape index (κ2) is 6.31. The molecule has 3 heteroatoms. The van der Waals surface area contributed by atoms with Crippen LogP contribution < -0.4 is 5.32 Å². The van der Waals surface area contributed by atoms with Crippen molar-refractivity contribution in [1.29, 1.82) is 0 Å². The van der Waals surface area contributed by atoms with Gasteiger partial charge >= 0.3 is 0 Å². The summed E-state index contributed by atoms with van der Waals surface area (Å²) in [6.45, 7) is 1.80. The van der Waals surface area contributed by atoms with E-state index in [1.807, 2.05) is 37.4 Å². The maximum atomic E-state index is 14.2. The van der Waals surface area contributed by atoms with Crippen molar-refractivity contribution in [2.75, 3.05) is 7.05 Å². The van der Waals surface area contributed by atoms with E-state index in [4.69, 9.17) is 0 Å². The number of halogens is 2. The third-order valence-corrected chi connectivity index (χ3v) is 4.10. The minimum absolute atomic E-state index is 0.0291. The number of aryl methyl sites for hydroxylation is 1. The van der Waals surface area contributed by atoms with E-state index in [2.05, 4.69) is 27.3 Å². The smallest absolute Gasteiger partial charge is 0.130 e. The highest BCUT2D eigenvalue weighted by Gasteiger charge is 2.16.